The molecule has 0 aromatic heterocycles. The van der Waals surface area contributed by atoms with E-state index in [9.17, 15) is 9.59 Å². The van der Waals surface area contributed by atoms with E-state index in [1.807, 2.05) is 0 Å². The van der Waals surface area contributed by atoms with E-state index in [1.54, 1.807) is 0 Å². The lowest BCUT2D eigenvalue weighted by Gasteiger charge is -1.91. The average molecular weight is 232 g/mol. The molecule has 0 fully saturated rings. The highest BCUT2D eigenvalue weighted by Crippen LogP contribution is 1.94. The Balaban J connectivity index is 0. The molecule has 0 spiro atoms. The maximum absolute atomic E-state index is 9.88. The molecule has 0 aliphatic rings. The Morgan fingerprint density at radius 1 is 0.812 bits per heavy atom. The molecule has 0 rings (SSSR count). The summed E-state index contributed by atoms with van der Waals surface area (Å²) in [5.41, 5.74) is 0.0972. The Morgan fingerprint density at radius 2 is 1.06 bits per heavy atom. The summed E-state index contributed by atoms with van der Waals surface area (Å²) >= 11 is 0. The fourth-order valence-corrected chi connectivity index (χ4v) is 0.484. The highest BCUT2D eigenvalue weighted by molar-refractivity contribution is 5.86. The fourth-order valence-electron chi connectivity index (χ4n) is 0.484. The molecule has 0 unspecified atom stereocenters. The molecule has 0 heterocycles. The molecule has 0 saturated carbocycles. The lowest BCUT2D eigenvalue weighted by atomic mass is 10.2. The SMILES string of the molecule is C=C(CCO)C(=O)O.C=C(CCO)C(=O)O. The van der Waals surface area contributed by atoms with Crippen LogP contribution in [0.5, 0.6) is 0 Å². The number of hydrogen-bond donors (Lipinski definition) is 4. The van der Waals surface area contributed by atoms with Gasteiger partial charge in [-0.1, -0.05) is 13.2 Å². The quantitative estimate of drug-likeness (QED) is 0.480. The fraction of sp³-hybridized carbons (Fsp3) is 0.400. The van der Waals surface area contributed by atoms with Crippen LogP contribution in [-0.4, -0.2) is 45.6 Å². The van der Waals surface area contributed by atoms with Crippen molar-refractivity contribution in [2.75, 3.05) is 13.2 Å². The molecule has 0 amide bonds. The summed E-state index contributed by atoms with van der Waals surface area (Å²) < 4.78 is 0. The van der Waals surface area contributed by atoms with Crippen LogP contribution < -0.4 is 0 Å². The van der Waals surface area contributed by atoms with Crippen molar-refractivity contribution in [3.63, 3.8) is 0 Å². The van der Waals surface area contributed by atoms with Crippen molar-refractivity contribution in [3.05, 3.63) is 24.3 Å². The summed E-state index contributed by atoms with van der Waals surface area (Å²) in [5, 5.41) is 32.5. The molecule has 0 radical (unpaired) electrons. The first kappa shape index (κ1) is 16.8. The maximum Gasteiger partial charge on any atom is 0.331 e. The summed E-state index contributed by atoms with van der Waals surface area (Å²) in [6, 6.07) is 0. The first-order valence-corrected chi connectivity index (χ1v) is 4.40. The van der Waals surface area contributed by atoms with Crippen LogP contribution in [-0.2, 0) is 9.59 Å². The van der Waals surface area contributed by atoms with Crippen LogP contribution in [0.2, 0.25) is 0 Å². The van der Waals surface area contributed by atoms with Gasteiger partial charge in [-0.05, 0) is 0 Å². The van der Waals surface area contributed by atoms with E-state index in [0.717, 1.165) is 0 Å². The molecule has 16 heavy (non-hydrogen) atoms. The van der Waals surface area contributed by atoms with Gasteiger partial charge in [0.2, 0.25) is 0 Å². The van der Waals surface area contributed by atoms with Gasteiger partial charge in [-0.3, -0.25) is 0 Å². The Labute approximate surface area is 93.2 Å². The van der Waals surface area contributed by atoms with Gasteiger partial charge in [-0.15, -0.1) is 0 Å². The van der Waals surface area contributed by atoms with Crippen LogP contribution in [0.4, 0.5) is 0 Å². The van der Waals surface area contributed by atoms with Gasteiger partial charge in [0.1, 0.15) is 0 Å². The third kappa shape index (κ3) is 10.4. The normalized spacial score (nSPS) is 8.62. The van der Waals surface area contributed by atoms with Gasteiger partial charge in [0.15, 0.2) is 0 Å². The predicted octanol–water partition coefficient (Wildman–Crippen LogP) is 0.0192. The number of hydrogen-bond acceptors (Lipinski definition) is 4. The molecule has 0 aromatic rings. The highest BCUT2D eigenvalue weighted by Gasteiger charge is 2.00. The number of aliphatic hydroxyl groups excluding tert-OH is 2. The van der Waals surface area contributed by atoms with Gasteiger partial charge >= 0.3 is 11.9 Å². The molecule has 92 valence electrons. The third-order valence-electron chi connectivity index (χ3n) is 1.43. The zero-order chi connectivity index (χ0) is 13.1. The lowest BCUT2D eigenvalue weighted by Crippen LogP contribution is -2.00. The molecule has 0 atom stereocenters. The van der Waals surface area contributed by atoms with Gasteiger partial charge in [-0.25, -0.2) is 9.59 Å². The summed E-state index contributed by atoms with van der Waals surface area (Å²) in [5.74, 6) is -2.09. The molecule has 6 heteroatoms. The standard InChI is InChI=1S/2C5H8O3/c2*1-4(2-3-6)5(7)8/h2*6H,1-3H2,(H,7,8). The Kier molecular flexibility index (Phi) is 10.3. The van der Waals surface area contributed by atoms with E-state index in [-0.39, 0.29) is 37.2 Å². The van der Waals surface area contributed by atoms with E-state index in [2.05, 4.69) is 13.2 Å². The number of carboxylic acid groups (broad SMARTS) is 2. The maximum atomic E-state index is 9.88. The zero-order valence-electron chi connectivity index (χ0n) is 8.85. The van der Waals surface area contributed by atoms with Gasteiger partial charge in [-0.2, -0.15) is 0 Å². The van der Waals surface area contributed by atoms with Crippen LogP contribution in [0, 0.1) is 0 Å². The van der Waals surface area contributed by atoms with Crippen LogP contribution in [0.3, 0.4) is 0 Å². The van der Waals surface area contributed by atoms with Crippen LogP contribution in [0.25, 0.3) is 0 Å². The van der Waals surface area contributed by atoms with E-state index < -0.39 is 11.9 Å². The monoisotopic (exact) mass is 232 g/mol. The van der Waals surface area contributed by atoms with Crippen molar-refractivity contribution in [1.29, 1.82) is 0 Å². The summed E-state index contributed by atoms with van der Waals surface area (Å²) in [6.07, 6.45) is 0.296. The van der Waals surface area contributed by atoms with Crippen molar-refractivity contribution in [2.24, 2.45) is 0 Å². The largest absolute Gasteiger partial charge is 0.478 e. The third-order valence-corrected chi connectivity index (χ3v) is 1.43. The van der Waals surface area contributed by atoms with Gasteiger partial charge in [0.05, 0.1) is 0 Å². The molecular formula is C10H16O6. The smallest absolute Gasteiger partial charge is 0.331 e. The summed E-state index contributed by atoms with van der Waals surface area (Å²) in [7, 11) is 0. The molecule has 0 bridgehead atoms. The highest BCUT2D eigenvalue weighted by atomic mass is 16.4. The molecule has 6 nitrogen and oxygen atoms in total. The van der Waals surface area contributed by atoms with Gasteiger partial charge in [0.25, 0.3) is 0 Å². The van der Waals surface area contributed by atoms with Crippen molar-refractivity contribution < 1.29 is 30.0 Å². The average Bonchev–Trinajstić information content (AvgIpc) is 2.19. The van der Waals surface area contributed by atoms with Crippen LogP contribution >= 0.6 is 0 Å². The molecule has 4 N–H and O–H groups in total. The van der Waals surface area contributed by atoms with Crippen molar-refractivity contribution in [2.45, 2.75) is 12.8 Å². The van der Waals surface area contributed by atoms with Crippen molar-refractivity contribution >= 4 is 11.9 Å². The molecule has 0 saturated heterocycles. The van der Waals surface area contributed by atoms with Crippen LogP contribution in [0.1, 0.15) is 12.8 Å². The Hall–Kier alpha value is -1.66. The number of aliphatic carboxylic acids is 2. The minimum Gasteiger partial charge on any atom is -0.478 e. The first-order chi connectivity index (χ1) is 7.36. The second kappa shape index (κ2) is 9.88. The Morgan fingerprint density at radius 3 is 1.12 bits per heavy atom. The summed E-state index contributed by atoms with van der Waals surface area (Å²) in [4.78, 5) is 19.8. The van der Waals surface area contributed by atoms with Gasteiger partial charge in [0, 0.05) is 37.2 Å². The predicted molar refractivity (Wildman–Crippen MR) is 57.0 cm³/mol. The van der Waals surface area contributed by atoms with Crippen molar-refractivity contribution in [1.82, 2.24) is 0 Å². The molecule has 0 aliphatic heterocycles. The first-order valence-electron chi connectivity index (χ1n) is 4.40. The summed E-state index contributed by atoms with van der Waals surface area (Å²) in [6.45, 7) is 6.07. The van der Waals surface area contributed by atoms with E-state index in [4.69, 9.17) is 20.4 Å². The van der Waals surface area contributed by atoms with Crippen LogP contribution in [0.15, 0.2) is 24.3 Å². The second-order valence-corrected chi connectivity index (χ2v) is 2.76. The minimum absolute atomic E-state index is 0.0486. The number of rotatable bonds is 6. The molecule has 0 aliphatic carbocycles. The second-order valence-electron chi connectivity index (χ2n) is 2.76. The number of carbonyl (C=O) groups is 2. The number of carboxylic acids is 2. The topological polar surface area (TPSA) is 115 Å². The lowest BCUT2D eigenvalue weighted by molar-refractivity contribution is -0.133. The van der Waals surface area contributed by atoms with Crippen molar-refractivity contribution in [3.8, 4) is 0 Å². The number of aliphatic hydroxyl groups is 2. The Bertz CT molecular complexity index is 240. The minimum atomic E-state index is -1.04. The molecule has 0 aromatic carbocycles. The van der Waals surface area contributed by atoms with E-state index in [0.29, 0.717) is 0 Å². The molecular weight excluding hydrogens is 216 g/mol. The van der Waals surface area contributed by atoms with E-state index in [1.165, 1.54) is 0 Å². The van der Waals surface area contributed by atoms with Gasteiger partial charge < -0.3 is 20.4 Å². The van der Waals surface area contributed by atoms with E-state index >= 15 is 0 Å². The zero-order valence-corrected chi connectivity index (χ0v) is 8.85.